The summed E-state index contributed by atoms with van der Waals surface area (Å²) in [4.78, 5) is 8.64. The predicted molar refractivity (Wildman–Crippen MR) is 134 cm³/mol. The third-order valence-electron chi connectivity index (χ3n) is 4.21. The fraction of sp³-hybridized carbons (Fsp3) is 0.545. The zero-order valence-electron chi connectivity index (χ0n) is 18.2. The van der Waals surface area contributed by atoms with Gasteiger partial charge in [0.2, 0.25) is 0 Å². The molecule has 0 N–H and O–H groups in total. The molecule has 0 saturated heterocycles. The van der Waals surface area contributed by atoms with Gasteiger partial charge in [0.15, 0.2) is 0 Å². The standard InChI is InChI=1S/C22H32N2O2S4/c1-21(2,26-16-18-28-30-20-10-6-8-14-24-20)11-15-25-22(3,4)12-17-27-29-19-9-5-7-13-23-19/h5-10,13-14H,11-12,15-18H2,1-4H3. The third kappa shape index (κ3) is 11.9. The zero-order valence-corrected chi connectivity index (χ0v) is 21.5. The highest BCUT2D eigenvalue weighted by atomic mass is 33.1. The van der Waals surface area contributed by atoms with Crippen molar-refractivity contribution in [2.24, 2.45) is 0 Å². The van der Waals surface area contributed by atoms with Crippen molar-refractivity contribution in [3.63, 3.8) is 0 Å². The van der Waals surface area contributed by atoms with Gasteiger partial charge in [0.25, 0.3) is 0 Å². The summed E-state index contributed by atoms with van der Waals surface area (Å²) >= 11 is 0. The van der Waals surface area contributed by atoms with E-state index in [-0.39, 0.29) is 11.2 Å². The lowest BCUT2D eigenvalue weighted by Crippen LogP contribution is -2.31. The van der Waals surface area contributed by atoms with E-state index in [0.29, 0.717) is 6.61 Å². The first-order valence-electron chi connectivity index (χ1n) is 10.1. The van der Waals surface area contributed by atoms with Crippen molar-refractivity contribution < 1.29 is 9.47 Å². The van der Waals surface area contributed by atoms with Crippen molar-refractivity contribution in [3.05, 3.63) is 48.8 Å². The maximum absolute atomic E-state index is 6.17. The Hall–Kier alpha value is -0.380. The Labute approximate surface area is 197 Å². The van der Waals surface area contributed by atoms with E-state index in [1.54, 1.807) is 32.4 Å². The van der Waals surface area contributed by atoms with Crippen LogP contribution in [0.1, 0.15) is 40.5 Å². The van der Waals surface area contributed by atoms with Crippen LogP contribution in [0.3, 0.4) is 0 Å². The quantitative estimate of drug-likeness (QED) is 0.197. The number of nitrogens with zero attached hydrogens (tertiary/aromatic N) is 2. The second-order valence-corrected chi connectivity index (χ2v) is 12.7. The summed E-state index contributed by atoms with van der Waals surface area (Å²) in [5, 5.41) is 2.09. The Morgan fingerprint density at radius 1 is 0.700 bits per heavy atom. The molecule has 0 spiro atoms. The molecule has 8 heteroatoms. The molecule has 0 aromatic carbocycles. The van der Waals surface area contributed by atoms with Crippen LogP contribution in [0.4, 0.5) is 0 Å². The largest absolute Gasteiger partial charge is 0.375 e. The molecule has 30 heavy (non-hydrogen) atoms. The first kappa shape index (κ1) is 25.9. The molecule has 0 radical (unpaired) electrons. The Bertz CT molecular complexity index is 703. The molecule has 0 aliphatic carbocycles. The van der Waals surface area contributed by atoms with Gasteiger partial charge in [-0.15, -0.1) is 0 Å². The van der Waals surface area contributed by atoms with Crippen molar-refractivity contribution in [2.45, 2.75) is 61.8 Å². The van der Waals surface area contributed by atoms with Gasteiger partial charge in [-0.1, -0.05) is 33.7 Å². The van der Waals surface area contributed by atoms with Crippen molar-refractivity contribution in [1.29, 1.82) is 0 Å². The molecule has 2 heterocycles. The van der Waals surface area contributed by atoms with Crippen LogP contribution in [0.5, 0.6) is 0 Å². The number of pyridine rings is 2. The summed E-state index contributed by atoms with van der Waals surface area (Å²) in [5.74, 6) is 1.96. The average Bonchev–Trinajstić information content (AvgIpc) is 2.72. The van der Waals surface area contributed by atoms with Gasteiger partial charge in [-0.05, 0) is 86.4 Å². The van der Waals surface area contributed by atoms with Gasteiger partial charge in [-0.2, -0.15) is 0 Å². The van der Waals surface area contributed by atoms with Crippen LogP contribution < -0.4 is 0 Å². The molecule has 0 saturated carbocycles. The molecular weight excluding hydrogens is 453 g/mol. The fourth-order valence-electron chi connectivity index (χ4n) is 2.35. The molecule has 166 valence electrons. The molecule has 0 aliphatic rings. The number of rotatable bonds is 15. The maximum Gasteiger partial charge on any atom is 0.106 e. The highest BCUT2D eigenvalue weighted by Crippen LogP contribution is 2.32. The monoisotopic (exact) mass is 484 g/mol. The van der Waals surface area contributed by atoms with E-state index < -0.39 is 0 Å². The lowest BCUT2D eigenvalue weighted by Gasteiger charge is -2.29. The number of ether oxygens (including phenoxy) is 2. The summed E-state index contributed by atoms with van der Waals surface area (Å²) in [6, 6.07) is 12.0. The normalized spacial score (nSPS) is 12.3. The smallest absolute Gasteiger partial charge is 0.106 e. The van der Waals surface area contributed by atoms with E-state index in [9.17, 15) is 0 Å². The Balaban J connectivity index is 1.53. The van der Waals surface area contributed by atoms with Crippen molar-refractivity contribution in [1.82, 2.24) is 9.97 Å². The summed E-state index contributed by atoms with van der Waals surface area (Å²) in [6.45, 7) is 10.0. The van der Waals surface area contributed by atoms with Crippen LogP contribution in [0, 0.1) is 0 Å². The SMILES string of the molecule is CC(C)(CCOC(C)(C)CCSSc1ccccn1)OCCSSc1ccccn1. The lowest BCUT2D eigenvalue weighted by molar-refractivity contribution is -0.0689. The minimum atomic E-state index is -0.185. The van der Waals surface area contributed by atoms with Gasteiger partial charge < -0.3 is 9.47 Å². The molecule has 0 fully saturated rings. The molecule has 2 aromatic heterocycles. The molecule has 2 rings (SSSR count). The molecule has 4 nitrogen and oxygen atoms in total. The zero-order chi connectivity index (χ0) is 21.7. The van der Waals surface area contributed by atoms with E-state index in [1.807, 2.05) is 59.6 Å². The van der Waals surface area contributed by atoms with E-state index in [4.69, 9.17) is 9.47 Å². The van der Waals surface area contributed by atoms with Crippen molar-refractivity contribution >= 4 is 43.2 Å². The summed E-state index contributed by atoms with van der Waals surface area (Å²) < 4.78 is 12.2. The van der Waals surface area contributed by atoms with Crippen molar-refractivity contribution in [2.75, 3.05) is 24.7 Å². The number of hydrogen-bond acceptors (Lipinski definition) is 8. The topological polar surface area (TPSA) is 44.2 Å². The summed E-state index contributed by atoms with van der Waals surface area (Å²) in [6.07, 6.45) is 5.53. The van der Waals surface area contributed by atoms with Crippen LogP contribution in [-0.2, 0) is 9.47 Å². The molecule has 0 amide bonds. The first-order valence-corrected chi connectivity index (χ1v) is 14.7. The predicted octanol–water partition coefficient (Wildman–Crippen LogP) is 7.03. The van der Waals surface area contributed by atoms with Crippen LogP contribution in [0.15, 0.2) is 58.8 Å². The van der Waals surface area contributed by atoms with E-state index >= 15 is 0 Å². The van der Waals surface area contributed by atoms with Gasteiger partial charge in [-0.3, -0.25) is 0 Å². The van der Waals surface area contributed by atoms with Gasteiger partial charge in [0, 0.05) is 23.9 Å². The second-order valence-electron chi connectivity index (χ2n) is 7.86. The molecule has 0 aliphatic heterocycles. The van der Waals surface area contributed by atoms with E-state index in [1.165, 1.54) is 0 Å². The number of aromatic nitrogens is 2. The summed E-state index contributed by atoms with van der Waals surface area (Å²) in [7, 11) is 7.02. The third-order valence-corrected chi connectivity index (χ3v) is 8.70. The maximum atomic E-state index is 6.17. The molecule has 0 unspecified atom stereocenters. The lowest BCUT2D eigenvalue weighted by atomic mass is 10.0. The van der Waals surface area contributed by atoms with Gasteiger partial charge >= 0.3 is 0 Å². The van der Waals surface area contributed by atoms with Crippen molar-refractivity contribution in [3.8, 4) is 0 Å². The number of hydrogen-bond donors (Lipinski definition) is 0. The van der Waals surface area contributed by atoms with Crippen LogP contribution in [-0.4, -0.2) is 45.9 Å². The van der Waals surface area contributed by atoms with Gasteiger partial charge in [-0.25, -0.2) is 9.97 Å². The Morgan fingerprint density at radius 3 is 1.80 bits per heavy atom. The van der Waals surface area contributed by atoms with Crippen LogP contribution in [0.25, 0.3) is 0 Å². The van der Waals surface area contributed by atoms with Crippen LogP contribution in [0.2, 0.25) is 0 Å². The van der Waals surface area contributed by atoms with Gasteiger partial charge in [0.05, 0.1) is 24.4 Å². The molecule has 0 bridgehead atoms. The van der Waals surface area contributed by atoms with Gasteiger partial charge in [0.1, 0.15) is 10.1 Å². The first-order chi connectivity index (χ1) is 14.4. The molecule has 0 atom stereocenters. The Morgan fingerprint density at radius 2 is 1.23 bits per heavy atom. The van der Waals surface area contributed by atoms with E-state index in [2.05, 4.69) is 37.7 Å². The highest BCUT2D eigenvalue weighted by molar-refractivity contribution is 8.77. The fourth-order valence-corrected chi connectivity index (χ4v) is 6.23. The summed E-state index contributed by atoms with van der Waals surface area (Å²) in [5.41, 5.74) is -0.321. The average molecular weight is 485 g/mol. The Kier molecular flexibility index (Phi) is 12.0. The highest BCUT2D eigenvalue weighted by Gasteiger charge is 2.22. The minimum absolute atomic E-state index is 0.136. The molecule has 2 aromatic rings. The van der Waals surface area contributed by atoms with E-state index in [0.717, 1.165) is 41.0 Å². The second kappa shape index (κ2) is 13.9. The van der Waals surface area contributed by atoms with Crippen LogP contribution >= 0.6 is 43.2 Å². The minimum Gasteiger partial charge on any atom is -0.375 e. The molecular formula is C22H32N2O2S4.